The zero-order chi connectivity index (χ0) is 19.0. The number of benzene rings is 2. The van der Waals surface area contributed by atoms with Crippen LogP contribution in [0.1, 0.15) is 37.5 Å². The van der Waals surface area contributed by atoms with E-state index in [4.69, 9.17) is 0 Å². The Labute approximate surface area is 159 Å². The molecule has 2 heterocycles. The average Bonchev–Trinajstić information content (AvgIpc) is 3.02. The first-order chi connectivity index (χ1) is 12.9. The molecular weight excluding hydrogens is 332 g/mol. The lowest BCUT2D eigenvalue weighted by Crippen LogP contribution is -2.16. The molecule has 0 fully saturated rings. The maximum Gasteiger partial charge on any atom is 0.255 e. The second-order valence-corrected chi connectivity index (χ2v) is 7.86. The summed E-state index contributed by atoms with van der Waals surface area (Å²) in [5.74, 6) is -0.0780. The van der Waals surface area contributed by atoms with Crippen molar-refractivity contribution in [1.29, 1.82) is 0 Å². The van der Waals surface area contributed by atoms with Gasteiger partial charge in [0.05, 0.1) is 5.52 Å². The largest absolute Gasteiger partial charge is 0.321 e. The molecule has 0 saturated heterocycles. The van der Waals surface area contributed by atoms with E-state index < -0.39 is 0 Å². The summed E-state index contributed by atoms with van der Waals surface area (Å²) in [6.45, 7) is 6.58. The second kappa shape index (κ2) is 6.51. The lowest BCUT2D eigenvalue weighted by molar-refractivity contribution is -0.115. The van der Waals surface area contributed by atoms with Gasteiger partial charge in [0.1, 0.15) is 0 Å². The van der Waals surface area contributed by atoms with E-state index in [-0.39, 0.29) is 11.3 Å². The molecule has 0 aliphatic carbocycles. The smallest absolute Gasteiger partial charge is 0.255 e. The lowest BCUT2D eigenvalue weighted by atomic mass is 9.86. The second-order valence-electron chi connectivity index (χ2n) is 7.86. The van der Waals surface area contributed by atoms with Crippen molar-refractivity contribution in [3.8, 4) is 0 Å². The zero-order valence-corrected chi connectivity index (χ0v) is 15.8. The highest BCUT2D eigenvalue weighted by molar-refractivity contribution is 6.11. The number of hydrogen-bond acceptors (Lipinski definition) is 2. The van der Waals surface area contributed by atoms with Gasteiger partial charge in [-0.05, 0) is 46.4 Å². The number of carbonyl (C=O) groups is 1. The van der Waals surface area contributed by atoms with Gasteiger partial charge < -0.3 is 5.32 Å². The predicted octanol–water partition coefficient (Wildman–Crippen LogP) is 5.09. The van der Waals surface area contributed by atoms with E-state index in [1.54, 1.807) is 6.20 Å². The van der Waals surface area contributed by atoms with E-state index in [0.29, 0.717) is 5.57 Å². The van der Waals surface area contributed by atoms with E-state index in [2.05, 4.69) is 55.3 Å². The number of rotatable bonds is 2. The molecule has 0 bridgehead atoms. The van der Waals surface area contributed by atoms with Gasteiger partial charge in [-0.15, -0.1) is 0 Å². The molecule has 2 aromatic carbocycles. The Bertz CT molecular complexity index is 1080. The van der Waals surface area contributed by atoms with Gasteiger partial charge in [0.25, 0.3) is 5.91 Å². The highest BCUT2D eigenvalue weighted by atomic mass is 16.1. The number of para-hydroxylation sites is 1. The normalized spacial score (nSPS) is 15.9. The van der Waals surface area contributed by atoms with Crippen molar-refractivity contribution in [1.82, 2.24) is 10.3 Å². The van der Waals surface area contributed by atoms with E-state index in [1.165, 1.54) is 5.56 Å². The summed E-state index contributed by atoms with van der Waals surface area (Å²) in [4.78, 5) is 16.9. The van der Waals surface area contributed by atoms with E-state index in [9.17, 15) is 4.79 Å². The minimum Gasteiger partial charge on any atom is -0.321 e. The number of pyridine rings is 1. The van der Waals surface area contributed by atoms with E-state index in [1.807, 2.05) is 42.5 Å². The summed E-state index contributed by atoms with van der Waals surface area (Å²) in [5, 5.41) is 4.02. The summed E-state index contributed by atoms with van der Waals surface area (Å²) < 4.78 is 0. The zero-order valence-electron chi connectivity index (χ0n) is 15.8. The molecule has 3 heteroatoms. The Morgan fingerprint density at radius 2 is 1.70 bits per heavy atom. The Hall–Kier alpha value is -3.20. The molecule has 4 rings (SSSR count). The van der Waals surface area contributed by atoms with Crippen LogP contribution in [0, 0.1) is 0 Å². The first-order valence-corrected chi connectivity index (χ1v) is 9.11. The van der Waals surface area contributed by atoms with Gasteiger partial charge in [0, 0.05) is 22.9 Å². The third kappa shape index (κ3) is 3.41. The minimum atomic E-state index is -0.0780. The van der Waals surface area contributed by atoms with Crippen molar-refractivity contribution < 1.29 is 4.79 Å². The molecular formula is C24H22N2O. The summed E-state index contributed by atoms with van der Waals surface area (Å²) in [5.41, 5.74) is 5.80. The van der Waals surface area contributed by atoms with Gasteiger partial charge >= 0.3 is 0 Å². The minimum absolute atomic E-state index is 0.0780. The topological polar surface area (TPSA) is 42.0 Å². The number of nitrogens with one attached hydrogen (secondary N) is 1. The van der Waals surface area contributed by atoms with Crippen LogP contribution in [0.3, 0.4) is 0 Å². The molecule has 1 aromatic heterocycles. The Morgan fingerprint density at radius 3 is 2.44 bits per heavy atom. The first-order valence-electron chi connectivity index (χ1n) is 9.11. The van der Waals surface area contributed by atoms with Crippen LogP contribution in [0.4, 0.5) is 0 Å². The van der Waals surface area contributed by atoms with Gasteiger partial charge in [0.2, 0.25) is 0 Å². The van der Waals surface area contributed by atoms with Gasteiger partial charge in [0.15, 0.2) is 0 Å². The molecule has 3 nitrogen and oxygen atoms in total. The van der Waals surface area contributed by atoms with Gasteiger partial charge in [-0.1, -0.05) is 63.2 Å². The van der Waals surface area contributed by atoms with Crippen molar-refractivity contribution >= 4 is 28.6 Å². The number of carbonyl (C=O) groups excluding carboxylic acids is 1. The summed E-state index contributed by atoms with van der Waals surface area (Å²) in [7, 11) is 0. The highest BCUT2D eigenvalue weighted by Gasteiger charge is 2.20. The van der Waals surface area contributed by atoms with Crippen LogP contribution in [-0.4, -0.2) is 10.9 Å². The van der Waals surface area contributed by atoms with E-state index in [0.717, 1.165) is 27.7 Å². The number of amides is 1. The number of aromatic nitrogens is 1. The van der Waals surface area contributed by atoms with Crippen molar-refractivity contribution in [2.75, 3.05) is 0 Å². The summed E-state index contributed by atoms with van der Waals surface area (Å²) in [6.07, 6.45) is 5.62. The average molecular weight is 354 g/mol. The van der Waals surface area contributed by atoms with Gasteiger partial charge in [-0.3, -0.25) is 9.78 Å². The Kier molecular flexibility index (Phi) is 4.15. The SMILES string of the molecule is CC(C)(C)c1ccc(C2=CC(=Cc3ccnc4ccccc34)C(=O)N2)cc1. The lowest BCUT2D eigenvalue weighted by Gasteiger charge is -2.19. The molecule has 0 unspecified atom stereocenters. The van der Waals surface area contributed by atoms with Crippen LogP contribution in [0.25, 0.3) is 22.7 Å². The summed E-state index contributed by atoms with van der Waals surface area (Å²) in [6, 6.07) is 18.3. The van der Waals surface area contributed by atoms with Crippen LogP contribution >= 0.6 is 0 Å². The molecule has 134 valence electrons. The molecule has 0 radical (unpaired) electrons. The van der Waals surface area contributed by atoms with Gasteiger partial charge in [-0.2, -0.15) is 0 Å². The Morgan fingerprint density at radius 1 is 0.963 bits per heavy atom. The third-order valence-corrected chi connectivity index (χ3v) is 4.87. The quantitative estimate of drug-likeness (QED) is 0.652. The molecule has 3 aromatic rings. The molecule has 1 N–H and O–H groups in total. The molecule has 27 heavy (non-hydrogen) atoms. The van der Waals surface area contributed by atoms with Crippen LogP contribution < -0.4 is 5.32 Å². The molecule has 0 saturated carbocycles. The van der Waals surface area contributed by atoms with Crippen LogP contribution in [0.2, 0.25) is 0 Å². The number of nitrogens with zero attached hydrogens (tertiary/aromatic N) is 1. The molecule has 1 aliphatic heterocycles. The summed E-state index contributed by atoms with van der Waals surface area (Å²) >= 11 is 0. The fraction of sp³-hybridized carbons (Fsp3) is 0.167. The van der Waals surface area contributed by atoms with Crippen molar-refractivity contribution in [2.24, 2.45) is 0 Å². The van der Waals surface area contributed by atoms with Crippen molar-refractivity contribution in [2.45, 2.75) is 26.2 Å². The van der Waals surface area contributed by atoms with Crippen molar-refractivity contribution in [3.05, 3.63) is 89.1 Å². The van der Waals surface area contributed by atoms with Crippen molar-refractivity contribution in [3.63, 3.8) is 0 Å². The first kappa shape index (κ1) is 17.2. The van der Waals surface area contributed by atoms with Gasteiger partial charge in [-0.25, -0.2) is 0 Å². The number of hydrogen-bond donors (Lipinski definition) is 1. The molecule has 1 aliphatic rings. The molecule has 0 spiro atoms. The fourth-order valence-electron chi connectivity index (χ4n) is 3.28. The predicted molar refractivity (Wildman–Crippen MR) is 111 cm³/mol. The maximum atomic E-state index is 12.5. The fourth-order valence-corrected chi connectivity index (χ4v) is 3.28. The maximum absolute atomic E-state index is 12.5. The Balaban J connectivity index is 1.70. The highest BCUT2D eigenvalue weighted by Crippen LogP contribution is 2.27. The van der Waals surface area contributed by atoms with Crippen LogP contribution in [0.5, 0.6) is 0 Å². The molecule has 1 amide bonds. The van der Waals surface area contributed by atoms with Crippen LogP contribution in [0.15, 0.2) is 72.4 Å². The third-order valence-electron chi connectivity index (χ3n) is 4.87. The number of fused-ring (bicyclic) bond motifs is 1. The molecule has 0 atom stereocenters. The standard InChI is InChI=1S/C24H22N2O/c1-24(2,3)19-10-8-16(9-11-19)22-15-18(23(27)26-22)14-17-12-13-25-21-7-5-4-6-20(17)21/h4-15H,1-3H3,(H,26,27). The van der Waals surface area contributed by atoms with Crippen LogP contribution in [-0.2, 0) is 10.2 Å². The van der Waals surface area contributed by atoms with E-state index >= 15 is 0 Å². The monoisotopic (exact) mass is 354 g/mol.